The van der Waals surface area contributed by atoms with Crippen LogP contribution in [0.4, 0.5) is 28.0 Å². The topological polar surface area (TPSA) is 65.5 Å². The first-order chi connectivity index (χ1) is 10.6. The fraction of sp³-hybridized carbons (Fsp3) is 0.385. The lowest BCUT2D eigenvalue weighted by atomic mass is 10.2. The van der Waals surface area contributed by atoms with Crippen LogP contribution in [0.15, 0.2) is 23.2 Å². The number of halogens is 5. The number of carbonyl (C=O) groups excluding carboxylic acids is 1. The van der Waals surface area contributed by atoms with E-state index in [4.69, 9.17) is 11.6 Å². The third-order valence-electron chi connectivity index (χ3n) is 2.98. The van der Waals surface area contributed by atoms with Crippen molar-refractivity contribution in [3.8, 4) is 0 Å². The minimum absolute atomic E-state index is 0.0204. The average Bonchev–Trinajstić information content (AvgIpc) is 2.38. The van der Waals surface area contributed by atoms with Crippen molar-refractivity contribution in [2.75, 3.05) is 5.32 Å². The molecule has 0 fully saturated rings. The predicted octanol–water partition coefficient (Wildman–Crippen LogP) is 3.27. The Morgan fingerprint density at radius 2 is 2.13 bits per heavy atom. The zero-order valence-corrected chi connectivity index (χ0v) is 12.6. The van der Waals surface area contributed by atoms with Crippen LogP contribution >= 0.6 is 11.6 Å². The number of hydrogen-bond donors (Lipinski definition) is 3. The van der Waals surface area contributed by atoms with Crippen LogP contribution in [0, 0.1) is 5.82 Å². The molecule has 0 radical (unpaired) electrons. The van der Waals surface area contributed by atoms with Gasteiger partial charge in [-0.3, -0.25) is 5.32 Å². The molecule has 10 heteroatoms. The van der Waals surface area contributed by atoms with E-state index in [9.17, 15) is 22.4 Å². The second-order valence-electron chi connectivity index (χ2n) is 4.97. The molecule has 2 rings (SSSR count). The fourth-order valence-electron chi connectivity index (χ4n) is 2.00. The molecule has 23 heavy (non-hydrogen) atoms. The van der Waals surface area contributed by atoms with E-state index >= 15 is 0 Å². The summed E-state index contributed by atoms with van der Waals surface area (Å²) >= 11 is 5.81. The summed E-state index contributed by atoms with van der Waals surface area (Å²) in [5, 5.41) is 7.83. The molecule has 126 valence electrons. The number of hydrogen-bond acceptors (Lipinski definition) is 3. The largest absolute Gasteiger partial charge is 0.419 e. The molecule has 0 aliphatic carbocycles. The number of amides is 2. The van der Waals surface area contributed by atoms with Crippen LogP contribution in [0.3, 0.4) is 0 Å². The molecule has 2 unspecified atom stereocenters. The third kappa shape index (κ3) is 4.80. The van der Waals surface area contributed by atoms with Crippen molar-refractivity contribution in [1.82, 2.24) is 10.6 Å². The summed E-state index contributed by atoms with van der Waals surface area (Å²) in [5.74, 6) is -1.41. The highest BCUT2D eigenvalue weighted by Crippen LogP contribution is 2.32. The number of carbonyl (C=O) groups is 1. The Morgan fingerprint density at radius 1 is 1.43 bits per heavy atom. The maximum absolute atomic E-state index is 13.2. The van der Waals surface area contributed by atoms with Crippen LogP contribution in [0.25, 0.3) is 0 Å². The Kier molecular flexibility index (Phi) is 5.10. The smallest absolute Gasteiger partial charge is 0.308 e. The average molecular weight is 353 g/mol. The zero-order chi connectivity index (χ0) is 17.2. The molecule has 0 saturated heterocycles. The molecule has 1 aromatic carbocycles. The molecular formula is C13H13ClF4N4O. The van der Waals surface area contributed by atoms with Gasteiger partial charge in [0.15, 0.2) is 6.29 Å². The summed E-state index contributed by atoms with van der Waals surface area (Å²) in [6, 6.07) is 1.35. The molecule has 2 amide bonds. The van der Waals surface area contributed by atoms with Crippen LogP contribution in [0.2, 0.25) is 0 Å². The van der Waals surface area contributed by atoms with E-state index in [0.717, 1.165) is 6.07 Å². The Hall–Kier alpha value is -1.87. The van der Waals surface area contributed by atoms with Gasteiger partial charge in [0.05, 0.1) is 5.56 Å². The Bertz CT molecular complexity index is 635. The predicted molar refractivity (Wildman–Crippen MR) is 77.8 cm³/mol. The molecule has 1 heterocycles. The van der Waals surface area contributed by atoms with Crippen LogP contribution in [-0.4, -0.2) is 23.5 Å². The van der Waals surface area contributed by atoms with E-state index in [0.29, 0.717) is 23.7 Å². The van der Waals surface area contributed by atoms with Crippen molar-refractivity contribution >= 4 is 28.5 Å². The first kappa shape index (κ1) is 17.5. The summed E-state index contributed by atoms with van der Waals surface area (Å²) in [5.41, 5.74) is -1.66. The van der Waals surface area contributed by atoms with Gasteiger partial charge in [0.2, 0.25) is 0 Å². The van der Waals surface area contributed by atoms with Gasteiger partial charge in [0.25, 0.3) is 0 Å². The van der Waals surface area contributed by atoms with E-state index in [1.807, 2.05) is 6.92 Å². The van der Waals surface area contributed by atoms with Gasteiger partial charge in [-0.05, 0) is 25.1 Å². The van der Waals surface area contributed by atoms with Crippen molar-refractivity contribution in [2.24, 2.45) is 4.99 Å². The maximum atomic E-state index is 13.2. The molecule has 3 N–H and O–H groups in total. The Balaban J connectivity index is 2.05. The molecule has 1 aliphatic rings. The molecule has 0 bridgehead atoms. The van der Waals surface area contributed by atoms with Gasteiger partial charge in [0, 0.05) is 18.2 Å². The lowest BCUT2D eigenvalue weighted by Crippen LogP contribution is -2.51. The fourth-order valence-corrected chi connectivity index (χ4v) is 2.33. The first-order valence-corrected chi connectivity index (χ1v) is 6.95. The number of anilines is 1. The molecular weight excluding hydrogens is 340 g/mol. The Morgan fingerprint density at radius 3 is 2.74 bits per heavy atom. The number of alkyl halides is 3. The summed E-state index contributed by atoms with van der Waals surface area (Å²) in [4.78, 5) is 15.7. The number of benzene rings is 1. The highest BCUT2D eigenvalue weighted by atomic mass is 35.5. The monoisotopic (exact) mass is 352 g/mol. The standard InChI is InChI=1S/C13H13ClF4N4O/c1-6-4-10(14)21-11(19-6)22-12(23)20-7-2-3-9(15)8(5-7)13(16,17)18/h2-3,5-6,11,19H,4H2,1H3,(H2,20,22,23). The van der Waals surface area contributed by atoms with Crippen molar-refractivity contribution in [3.05, 3.63) is 29.6 Å². The normalized spacial score (nSPS) is 21.6. The number of aliphatic imine (C=N–C) groups is 1. The van der Waals surface area contributed by atoms with Crippen molar-refractivity contribution in [3.63, 3.8) is 0 Å². The SMILES string of the molecule is CC1CC(Cl)=NC(NC(=O)Nc2ccc(F)c(C(F)(F)F)c2)N1. The minimum Gasteiger partial charge on any atom is -0.308 e. The lowest BCUT2D eigenvalue weighted by Gasteiger charge is -2.25. The van der Waals surface area contributed by atoms with E-state index in [1.165, 1.54) is 0 Å². The van der Waals surface area contributed by atoms with E-state index in [2.05, 4.69) is 20.9 Å². The van der Waals surface area contributed by atoms with Gasteiger partial charge in [-0.25, -0.2) is 14.2 Å². The van der Waals surface area contributed by atoms with Crippen LogP contribution < -0.4 is 16.0 Å². The van der Waals surface area contributed by atoms with Gasteiger partial charge < -0.3 is 10.6 Å². The molecule has 0 spiro atoms. The van der Waals surface area contributed by atoms with Gasteiger partial charge in [-0.1, -0.05) is 11.6 Å². The zero-order valence-electron chi connectivity index (χ0n) is 11.8. The van der Waals surface area contributed by atoms with Crippen molar-refractivity contribution < 1.29 is 22.4 Å². The quantitative estimate of drug-likeness (QED) is 0.715. The van der Waals surface area contributed by atoms with Crippen molar-refractivity contribution in [2.45, 2.75) is 31.9 Å². The van der Waals surface area contributed by atoms with Crippen molar-refractivity contribution in [1.29, 1.82) is 0 Å². The minimum atomic E-state index is -4.85. The second kappa shape index (κ2) is 6.71. The number of rotatable bonds is 2. The van der Waals surface area contributed by atoms with E-state index < -0.39 is 29.9 Å². The van der Waals surface area contributed by atoms with Gasteiger partial charge in [0.1, 0.15) is 11.0 Å². The summed E-state index contributed by atoms with van der Waals surface area (Å²) in [6.45, 7) is 1.83. The first-order valence-electron chi connectivity index (χ1n) is 6.57. The molecule has 1 aromatic rings. The van der Waals surface area contributed by atoms with Gasteiger partial charge in [-0.2, -0.15) is 13.2 Å². The molecule has 5 nitrogen and oxygen atoms in total. The van der Waals surface area contributed by atoms with Crippen LogP contribution in [0.1, 0.15) is 18.9 Å². The van der Waals surface area contributed by atoms with Crippen LogP contribution in [-0.2, 0) is 6.18 Å². The summed E-state index contributed by atoms with van der Waals surface area (Å²) in [6.07, 6.45) is -5.14. The highest BCUT2D eigenvalue weighted by Gasteiger charge is 2.34. The van der Waals surface area contributed by atoms with Gasteiger partial charge in [-0.15, -0.1) is 0 Å². The second-order valence-corrected chi connectivity index (χ2v) is 5.41. The van der Waals surface area contributed by atoms with Crippen LogP contribution in [0.5, 0.6) is 0 Å². The van der Waals surface area contributed by atoms with E-state index in [1.54, 1.807) is 0 Å². The van der Waals surface area contributed by atoms with Gasteiger partial charge >= 0.3 is 12.2 Å². The highest BCUT2D eigenvalue weighted by molar-refractivity contribution is 6.65. The number of urea groups is 1. The summed E-state index contributed by atoms with van der Waals surface area (Å²) in [7, 11) is 0. The number of nitrogens with one attached hydrogen (secondary N) is 3. The number of nitrogens with zero attached hydrogens (tertiary/aromatic N) is 1. The molecule has 0 saturated carbocycles. The molecule has 0 aromatic heterocycles. The van der Waals surface area contributed by atoms with E-state index in [-0.39, 0.29) is 11.7 Å². The Labute approximate surface area is 134 Å². The summed E-state index contributed by atoms with van der Waals surface area (Å²) < 4.78 is 51.0. The maximum Gasteiger partial charge on any atom is 0.419 e. The lowest BCUT2D eigenvalue weighted by molar-refractivity contribution is -0.139. The molecule has 2 atom stereocenters. The molecule has 1 aliphatic heterocycles. The third-order valence-corrected chi connectivity index (χ3v) is 3.24.